The van der Waals surface area contributed by atoms with Gasteiger partial charge in [0.1, 0.15) is 23.2 Å². The number of hydrogen-bond donors (Lipinski definition) is 1. The first-order valence-corrected chi connectivity index (χ1v) is 15.5. The number of benzene rings is 3. The van der Waals surface area contributed by atoms with Gasteiger partial charge in [-0.15, -0.1) is 0 Å². The summed E-state index contributed by atoms with van der Waals surface area (Å²) < 4.78 is 6.26. The molecule has 0 spiro atoms. The Bertz CT molecular complexity index is 1620. The van der Waals surface area contributed by atoms with Crippen molar-refractivity contribution in [1.82, 2.24) is 9.88 Å². The van der Waals surface area contributed by atoms with Gasteiger partial charge in [-0.3, -0.25) is 4.79 Å². The van der Waals surface area contributed by atoms with E-state index in [4.69, 9.17) is 9.72 Å². The summed E-state index contributed by atoms with van der Waals surface area (Å²) in [7, 11) is 0. The predicted molar refractivity (Wildman–Crippen MR) is 169 cm³/mol. The lowest BCUT2D eigenvalue weighted by Crippen LogP contribution is -2.40. The Hall–Kier alpha value is -4.19. The standard InChI is InChI=1S/C37H40N2O4/c1-37(2,3)28-14-17-29(18-15-28)43-30-16-13-26-20-33(38-32(31(26)22-30)19-24-9-7-8-10-24)35(40)39-23-27(21-34(39)36(41)42)25-11-5-4-6-12-25/h4-6,11-18,20,22,24,27,34H,7-10,19,21,23H2,1-3H3,(H,41,42)/t27-,34?/m0/s1. The van der Waals surface area contributed by atoms with Crippen molar-refractivity contribution in [1.29, 1.82) is 0 Å². The molecule has 1 amide bonds. The Morgan fingerprint density at radius 3 is 2.30 bits per heavy atom. The number of nitrogens with zero attached hydrogens (tertiary/aromatic N) is 2. The van der Waals surface area contributed by atoms with E-state index in [-0.39, 0.29) is 17.2 Å². The van der Waals surface area contributed by atoms with E-state index in [9.17, 15) is 14.7 Å². The molecule has 6 rings (SSSR count). The number of likely N-dealkylation sites (tertiary alicyclic amines) is 1. The van der Waals surface area contributed by atoms with Gasteiger partial charge in [-0.05, 0) is 71.0 Å². The Labute approximate surface area is 253 Å². The molecule has 0 radical (unpaired) electrons. The van der Waals surface area contributed by atoms with Crippen LogP contribution in [0.25, 0.3) is 10.8 Å². The first-order valence-electron chi connectivity index (χ1n) is 15.5. The number of ether oxygens (including phenoxy) is 1. The smallest absolute Gasteiger partial charge is 0.326 e. The van der Waals surface area contributed by atoms with E-state index in [1.54, 1.807) is 0 Å². The molecule has 4 aromatic rings. The predicted octanol–water partition coefficient (Wildman–Crippen LogP) is 8.14. The molecule has 2 heterocycles. The second-order valence-corrected chi connectivity index (χ2v) is 13.2. The maximum Gasteiger partial charge on any atom is 0.326 e. The summed E-state index contributed by atoms with van der Waals surface area (Å²) in [6.07, 6.45) is 5.93. The van der Waals surface area contributed by atoms with Crippen LogP contribution >= 0.6 is 0 Å². The third-order valence-electron chi connectivity index (χ3n) is 9.13. The molecule has 222 valence electrons. The van der Waals surface area contributed by atoms with E-state index in [0.29, 0.717) is 24.6 Å². The Morgan fingerprint density at radius 2 is 1.63 bits per heavy atom. The van der Waals surface area contributed by atoms with Gasteiger partial charge in [0.05, 0.1) is 0 Å². The summed E-state index contributed by atoms with van der Waals surface area (Å²) >= 11 is 0. The van der Waals surface area contributed by atoms with Crippen LogP contribution in [0.5, 0.6) is 11.5 Å². The van der Waals surface area contributed by atoms with Gasteiger partial charge in [0.15, 0.2) is 0 Å². The number of rotatable bonds is 7. The molecule has 6 heteroatoms. The fourth-order valence-electron chi connectivity index (χ4n) is 6.68. The molecule has 2 fully saturated rings. The third kappa shape index (κ3) is 6.29. The lowest BCUT2D eigenvalue weighted by Gasteiger charge is -2.22. The normalized spacial score (nSPS) is 19.2. The first kappa shape index (κ1) is 28.9. The molecule has 1 N–H and O–H groups in total. The quantitative estimate of drug-likeness (QED) is 0.240. The summed E-state index contributed by atoms with van der Waals surface area (Å²) in [5.74, 6) is 0.695. The molecule has 0 bridgehead atoms. The minimum Gasteiger partial charge on any atom is -0.480 e. The van der Waals surface area contributed by atoms with Crippen molar-refractivity contribution in [2.75, 3.05) is 6.54 Å². The van der Waals surface area contributed by atoms with E-state index in [2.05, 4.69) is 32.9 Å². The van der Waals surface area contributed by atoms with Gasteiger partial charge in [-0.1, -0.05) is 95.0 Å². The summed E-state index contributed by atoms with van der Waals surface area (Å²) in [4.78, 5) is 32.7. The number of aromatic nitrogens is 1. The highest BCUT2D eigenvalue weighted by atomic mass is 16.5. The number of fused-ring (bicyclic) bond motifs is 1. The molecule has 6 nitrogen and oxygen atoms in total. The van der Waals surface area contributed by atoms with Crippen molar-refractivity contribution in [3.8, 4) is 11.5 Å². The van der Waals surface area contributed by atoms with Crippen LogP contribution < -0.4 is 4.74 Å². The fourth-order valence-corrected chi connectivity index (χ4v) is 6.68. The maximum atomic E-state index is 14.0. The number of amides is 1. The van der Waals surface area contributed by atoms with Gasteiger partial charge in [0, 0.05) is 23.5 Å². The van der Waals surface area contributed by atoms with Gasteiger partial charge in [0.25, 0.3) is 5.91 Å². The molecular weight excluding hydrogens is 536 g/mol. The highest BCUT2D eigenvalue weighted by molar-refractivity contribution is 5.99. The van der Waals surface area contributed by atoms with Crippen LogP contribution in [0.3, 0.4) is 0 Å². The monoisotopic (exact) mass is 576 g/mol. The largest absolute Gasteiger partial charge is 0.480 e. The van der Waals surface area contributed by atoms with Crippen LogP contribution in [0.15, 0.2) is 78.9 Å². The number of hydrogen-bond acceptors (Lipinski definition) is 4. The fraction of sp³-hybridized carbons (Fsp3) is 0.378. The lowest BCUT2D eigenvalue weighted by atomic mass is 9.87. The van der Waals surface area contributed by atoms with Gasteiger partial charge in [-0.25, -0.2) is 9.78 Å². The zero-order valence-electron chi connectivity index (χ0n) is 25.3. The number of carbonyl (C=O) groups excluding carboxylic acids is 1. The maximum absolute atomic E-state index is 14.0. The molecule has 1 unspecified atom stereocenters. The molecular formula is C37H40N2O4. The molecule has 1 aliphatic carbocycles. The zero-order valence-corrected chi connectivity index (χ0v) is 25.3. The first-order chi connectivity index (χ1) is 20.7. The lowest BCUT2D eigenvalue weighted by molar-refractivity contribution is -0.141. The summed E-state index contributed by atoms with van der Waals surface area (Å²) in [6, 6.07) is 24.9. The SMILES string of the molecule is CC(C)(C)c1ccc(Oc2ccc3cc(C(=O)N4C[C@@H](c5ccccc5)CC4C(=O)O)nc(CC4CCCC4)c3c2)cc1. The highest BCUT2D eigenvalue weighted by Crippen LogP contribution is 2.36. The van der Waals surface area contributed by atoms with Crippen molar-refractivity contribution in [2.24, 2.45) is 5.92 Å². The molecule has 3 aromatic carbocycles. The minimum atomic E-state index is -0.976. The van der Waals surface area contributed by atoms with Crippen LogP contribution in [0.4, 0.5) is 0 Å². The molecule has 1 aromatic heterocycles. The van der Waals surface area contributed by atoms with Crippen LogP contribution in [-0.2, 0) is 16.6 Å². The van der Waals surface area contributed by atoms with Crippen LogP contribution in [0.1, 0.15) is 86.1 Å². The van der Waals surface area contributed by atoms with Crippen molar-refractivity contribution in [3.63, 3.8) is 0 Å². The van der Waals surface area contributed by atoms with E-state index in [1.807, 2.05) is 66.7 Å². The van der Waals surface area contributed by atoms with E-state index < -0.39 is 12.0 Å². The van der Waals surface area contributed by atoms with Crippen molar-refractivity contribution >= 4 is 22.6 Å². The highest BCUT2D eigenvalue weighted by Gasteiger charge is 2.41. The summed E-state index contributed by atoms with van der Waals surface area (Å²) in [5, 5.41) is 11.9. The number of carboxylic acids is 1. The van der Waals surface area contributed by atoms with Crippen molar-refractivity contribution in [2.45, 2.75) is 76.7 Å². The van der Waals surface area contributed by atoms with Gasteiger partial charge in [0.2, 0.25) is 0 Å². The Balaban J connectivity index is 1.32. The number of carboxylic acid groups (broad SMARTS) is 1. The second kappa shape index (κ2) is 11.8. The Morgan fingerprint density at radius 1 is 0.930 bits per heavy atom. The van der Waals surface area contributed by atoms with Crippen molar-refractivity contribution in [3.05, 3.63) is 101 Å². The minimum absolute atomic E-state index is 0.0261. The molecule has 2 atom stereocenters. The van der Waals surface area contributed by atoms with Crippen LogP contribution in [0, 0.1) is 5.92 Å². The van der Waals surface area contributed by atoms with Crippen LogP contribution in [-0.4, -0.2) is 39.5 Å². The molecule has 1 saturated heterocycles. The van der Waals surface area contributed by atoms with Gasteiger partial charge in [-0.2, -0.15) is 0 Å². The second-order valence-electron chi connectivity index (χ2n) is 13.2. The average Bonchev–Trinajstić information content (AvgIpc) is 3.68. The molecule has 43 heavy (non-hydrogen) atoms. The zero-order chi connectivity index (χ0) is 30.1. The topological polar surface area (TPSA) is 79.7 Å². The van der Waals surface area contributed by atoms with Gasteiger partial charge >= 0.3 is 5.97 Å². The van der Waals surface area contributed by atoms with Gasteiger partial charge < -0.3 is 14.7 Å². The van der Waals surface area contributed by atoms with E-state index in [1.165, 1.54) is 23.3 Å². The Kier molecular flexibility index (Phi) is 7.95. The molecule has 1 aliphatic heterocycles. The van der Waals surface area contributed by atoms with Crippen LogP contribution in [0.2, 0.25) is 0 Å². The number of carbonyl (C=O) groups is 2. The number of pyridine rings is 1. The average molecular weight is 577 g/mol. The van der Waals surface area contributed by atoms with Crippen molar-refractivity contribution < 1.29 is 19.4 Å². The van der Waals surface area contributed by atoms with E-state index >= 15 is 0 Å². The summed E-state index contributed by atoms with van der Waals surface area (Å²) in [6.45, 7) is 6.93. The molecule has 1 saturated carbocycles. The van der Waals surface area contributed by atoms with E-state index in [0.717, 1.165) is 52.8 Å². The third-order valence-corrected chi connectivity index (χ3v) is 9.13. The summed E-state index contributed by atoms with van der Waals surface area (Å²) in [5.41, 5.74) is 3.56. The number of aliphatic carboxylic acids is 1. The molecule has 2 aliphatic rings.